The van der Waals surface area contributed by atoms with Gasteiger partial charge < -0.3 is 10.6 Å². The average molecular weight is 173 g/mol. The molecule has 0 aromatic heterocycles. The zero-order valence-electron chi connectivity index (χ0n) is 7.45. The standard InChI is InChI=1S/C4H10N2.C3H9N3/c1-2-6-4-3-5-1;1-2-4-6-5-3-1/h5-6H,1-4H2;4-6H,1-3H2. The summed E-state index contributed by atoms with van der Waals surface area (Å²) in [6.07, 6.45) is 1.22. The molecular weight excluding hydrogens is 154 g/mol. The summed E-state index contributed by atoms with van der Waals surface area (Å²) >= 11 is 0. The van der Waals surface area contributed by atoms with E-state index in [1.807, 2.05) is 0 Å². The third-order valence-electron chi connectivity index (χ3n) is 1.74. The summed E-state index contributed by atoms with van der Waals surface area (Å²) in [6.45, 7) is 6.71. The molecule has 72 valence electrons. The highest BCUT2D eigenvalue weighted by Crippen LogP contribution is 1.71. The summed E-state index contributed by atoms with van der Waals surface area (Å²) in [5, 5.41) is 6.44. The highest BCUT2D eigenvalue weighted by Gasteiger charge is 1.91. The molecule has 0 atom stereocenters. The predicted molar refractivity (Wildman–Crippen MR) is 49.5 cm³/mol. The molecule has 12 heavy (non-hydrogen) atoms. The average Bonchev–Trinajstić information content (AvgIpc) is 2.24. The fourth-order valence-corrected chi connectivity index (χ4v) is 1.06. The second-order valence-corrected chi connectivity index (χ2v) is 2.83. The maximum absolute atomic E-state index is 3.22. The summed E-state index contributed by atoms with van der Waals surface area (Å²) in [7, 11) is 0. The van der Waals surface area contributed by atoms with Gasteiger partial charge in [-0.2, -0.15) is 5.53 Å². The van der Waals surface area contributed by atoms with Crippen molar-refractivity contribution >= 4 is 0 Å². The Morgan fingerprint density at radius 1 is 0.583 bits per heavy atom. The van der Waals surface area contributed by atoms with Gasteiger partial charge in [-0.3, -0.25) is 0 Å². The molecular formula is C7H19N5. The van der Waals surface area contributed by atoms with Crippen molar-refractivity contribution < 1.29 is 0 Å². The van der Waals surface area contributed by atoms with Gasteiger partial charge in [-0.1, -0.05) is 0 Å². The molecule has 5 N–H and O–H groups in total. The molecule has 2 saturated heterocycles. The first-order valence-electron chi connectivity index (χ1n) is 4.62. The molecule has 5 heteroatoms. The van der Waals surface area contributed by atoms with Gasteiger partial charge in [-0.05, 0) is 6.42 Å². The topological polar surface area (TPSA) is 60.1 Å². The quantitative estimate of drug-likeness (QED) is 0.298. The van der Waals surface area contributed by atoms with Gasteiger partial charge in [-0.25, -0.2) is 10.9 Å². The lowest BCUT2D eigenvalue weighted by Crippen LogP contribution is -2.49. The third-order valence-corrected chi connectivity index (χ3v) is 1.74. The molecule has 0 spiro atoms. The van der Waals surface area contributed by atoms with Crippen LogP contribution in [0.2, 0.25) is 0 Å². The Bertz CT molecular complexity index is 54.8. The van der Waals surface area contributed by atoms with Crippen molar-refractivity contribution in [2.75, 3.05) is 39.3 Å². The fourth-order valence-electron chi connectivity index (χ4n) is 1.06. The third kappa shape index (κ3) is 5.45. The van der Waals surface area contributed by atoms with E-state index in [9.17, 15) is 0 Å². The summed E-state index contributed by atoms with van der Waals surface area (Å²) in [4.78, 5) is 0. The Labute approximate surface area is 73.6 Å². The first-order chi connectivity index (χ1) is 6.00. The maximum atomic E-state index is 3.22. The first-order valence-corrected chi connectivity index (χ1v) is 4.62. The van der Waals surface area contributed by atoms with Crippen molar-refractivity contribution in [3.05, 3.63) is 0 Å². The molecule has 0 amide bonds. The van der Waals surface area contributed by atoms with E-state index in [-0.39, 0.29) is 0 Å². The van der Waals surface area contributed by atoms with Gasteiger partial charge in [0.1, 0.15) is 0 Å². The summed E-state index contributed by atoms with van der Waals surface area (Å²) < 4.78 is 0. The molecule has 2 aliphatic rings. The minimum Gasteiger partial charge on any atom is -0.314 e. The number of hydrogen-bond acceptors (Lipinski definition) is 5. The van der Waals surface area contributed by atoms with Crippen molar-refractivity contribution in [3.63, 3.8) is 0 Å². The lowest BCUT2D eigenvalue weighted by Gasteiger charge is -2.12. The fraction of sp³-hybridized carbons (Fsp3) is 1.00. The van der Waals surface area contributed by atoms with Crippen LogP contribution in [-0.4, -0.2) is 39.3 Å². The molecule has 5 nitrogen and oxygen atoms in total. The summed E-state index contributed by atoms with van der Waals surface area (Å²) in [6, 6.07) is 0. The predicted octanol–water partition coefficient (Wildman–Crippen LogP) is -1.83. The van der Waals surface area contributed by atoms with Gasteiger partial charge in [0.05, 0.1) is 0 Å². The van der Waals surface area contributed by atoms with Crippen LogP contribution in [0.15, 0.2) is 0 Å². The highest BCUT2D eigenvalue weighted by atomic mass is 15.6. The van der Waals surface area contributed by atoms with Crippen LogP contribution in [0.3, 0.4) is 0 Å². The van der Waals surface area contributed by atoms with E-state index in [1.165, 1.54) is 6.42 Å². The van der Waals surface area contributed by atoms with Gasteiger partial charge in [-0.15, -0.1) is 0 Å². The van der Waals surface area contributed by atoms with Crippen LogP contribution in [-0.2, 0) is 0 Å². The van der Waals surface area contributed by atoms with E-state index in [0.717, 1.165) is 39.3 Å². The zero-order valence-corrected chi connectivity index (χ0v) is 7.45. The molecule has 0 radical (unpaired) electrons. The van der Waals surface area contributed by atoms with Crippen LogP contribution in [0.4, 0.5) is 0 Å². The zero-order chi connectivity index (χ0) is 8.49. The second kappa shape index (κ2) is 7.45. The van der Waals surface area contributed by atoms with Crippen LogP contribution in [0.5, 0.6) is 0 Å². The smallest absolute Gasteiger partial charge is 0.0126 e. The highest BCUT2D eigenvalue weighted by molar-refractivity contribution is 4.59. The van der Waals surface area contributed by atoms with Gasteiger partial charge in [0.25, 0.3) is 0 Å². The van der Waals surface area contributed by atoms with E-state index in [2.05, 4.69) is 27.0 Å². The van der Waals surface area contributed by atoms with Gasteiger partial charge >= 0.3 is 0 Å². The lowest BCUT2D eigenvalue weighted by molar-refractivity contribution is 0.372. The Hall–Kier alpha value is -0.200. The normalized spacial score (nSPS) is 24.0. The Balaban J connectivity index is 0.000000120. The monoisotopic (exact) mass is 173 g/mol. The summed E-state index contributed by atoms with van der Waals surface area (Å²) in [5.41, 5.74) is 8.63. The Kier molecular flexibility index (Phi) is 6.14. The maximum Gasteiger partial charge on any atom is 0.0126 e. The molecule has 0 aliphatic carbocycles. The second-order valence-electron chi connectivity index (χ2n) is 2.83. The molecule has 2 aliphatic heterocycles. The molecule has 2 fully saturated rings. The van der Waals surface area contributed by atoms with Crippen molar-refractivity contribution in [3.8, 4) is 0 Å². The van der Waals surface area contributed by atoms with E-state index < -0.39 is 0 Å². The summed E-state index contributed by atoms with van der Waals surface area (Å²) in [5.74, 6) is 0. The number of hydrogen-bond donors (Lipinski definition) is 5. The number of piperazine rings is 1. The van der Waals surface area contributed by atoms with Crippen molar-refractivity contribution in [2.24, 2.45) is 0 Å². The van der Waals surface area contributed by atoms with Crippen LogP contribution >= 0.6 is 0 Å². The molecule has 0 aromatic carbocycles. The van der Waals surface area contributed by atoms with Crippen molar-refractivity contribution in [2.45, 2.75) is 6.42 Å². The molecule has 0 bridgehead atoms. The van der Waals surface area contributed by atoms with Crippen LogP contribution in [0.25, 0.3) is 0 Å². The van der Waals surface area contributed by atoms with Crippen LogP contribution in [0.1, 0.15) is 6.42 Å². The van der Waals surface area contributed by atoms with Gasteiger partial charge in [0.2, 0.25) is 0 Å². The number of nitrogens with one attached hydrogen (secondary N) is 5. The van der Waals surface area contributed by atoms with E-state index in [0.29, 0.717) is 0 Å². The minimum atomic E-state index is 1.08. The van der Waals surface area contributed by atoms with E-state index in [1.54, 1.807) is 0 Å². The SMILES string of the molecule is C1CNCCN1.C1CNNNC1. The Morgan fingerprint density at radius 3 is 1.25 bits per heavy atom. The van der Waals surface area contributed by atoms with E-state index in [4.69, 9.17) is 0 Å². The molecule has 2 rings (SSSR count). The van der Waals surface area contributed by atoms with Gasteiger partial charge in [0.15, 0.2) is 0 Å². The lowest BCUT2D eigenvalue weighted by atomic mass is 10.4. The van der Waals surface area contributed by atoms with E-state index >= 15 is 0 Å². The largest absolute Gasteiger partial charge is 0.314 e. The molecule has 2 heterocycles. The van der Waals surface area contributed by atoms with Crippen LogP contribution in [0, 0.1) is 0 Å². The number of rotatable bonds is 0. The molecule has 0 unspecified atom stereocenters. The van der Waals surface area contributed by atoms with Crippen molar-refractivity contribution in [1.29, 1.82) is 0 Å². The van der Waals surface area contributed by atoms with Crippen molar-refractivity contribution in [1.82, 2.24) is 27.0 Å². The minimum absolute atomic E-state index is 1.08. The molecule has 0 saturated carbocycles. The van der Waals surface area contributed by atoms with Gasteiger partial charge in [0, 0.05) is 39.3 Å². The molecule has 0 aromatic rings. The van der Waals surface area contributed by atoms with Crippen LogP contribution < -0.4 is 27.0 Å². The first kappa shape index (κ1) is 9.88. The number of hydrazine groups is 2. The Morgan fingerprint density at radius 2 is 1.08 bits per heavy atom.